The minimum Gasteiger partial charge on any atom is -0.314 e. The van der Waals surface area contributed by atoms with Crippen LogP contribution in [0.5, 0.6) is 0 Å². The Morgan fingerprint density at radius 2 is 2.00 bits per heavy atom. The molecular weight excluding hydrogens is 271 g/mol. The van der Waals surface area contributed by atoms with Crippen molar-refractivity contribution in [3.8, 4) is 0 Å². The summed E-state index contributed by atoms with van der Waals surface area (Å²) in [5.74, 6) is 0. The van der Waals surface area contributed by atoms with Crippen LogP contribution >= 0.6 is 23.2 Å². The molecule has 1 fully saturated rings. The lowest BCUT2D eigenvalue weighted by Gasteiger charge is -2.26. The Kier molecular flexibility index (Phi) is 3.43. The Hall–Kier alpha value is -0.810. The van der Waals surface area contributed by atoms with Gasteiger partial charge in [0.15, 0.2) is 5.65 Å². The van der Waals surface area contributed by atoms with Gasteiger partial charge in [-0.3, -0.25) is 4.90 Å². The topological polar surface area (TPSA) is 32.6 Å². The van der Waals surface area contributed by atoms with Crippen molar-refractivity contribution in [2.75, 3.05) is 26.2 Å². The van der Waals surface area contributed by atoms with Gasteiger partial charge in [0.25, 0.3) is 0 Å². The van der Waals surface area contributed by atoms with Gasteiger partial charge in [0.1, 0.15) is 0 Å². The van der Waals surface area contributed by atoms with E-state index in [-0.39, 0.29) is 0 Å². The molecule has 4 nitrogen and oxygen atoms in total. The zero-order valence-corrected chi connectivity index (χ0v) is 11.4. The number of nitrogens with one attached hydrogen (secondary N) is 1. The normalized spacial score (nSPS) is 17.4. The van der Waals surface area contributed by atoms with E-state index in [0.717, 1.165) is 44.1 Å². The van der Waals surface area contributed by atoms with Crippen LogP contribution in [-0.4, -0.2) is 40.5 Å². The summed E-state index contributed by atoms with van der Waals surface area (Å²) in [5.41, 5.74) is 1.80. The maximum Gasteiger partial charge on any atom is 0.156 e. The number of rotatable bonds is 2. The monoisotopic (exact) mass is 284 g/mol. The minimum atomic E-state index is 0.592. The van der Waals surface area contributed by atoms with E-state index in [2.05, 4.69) is 15.2 Å². The second kappa shape index (κ2) is 5.05. The van der Waals surface area contributed by atoms with E-state index < -0.39 is 0 Å². The van der Waals surface area contributed by atoms with Crippen LogP contribution in [0.15, 0.2) is 18.5 Å². The maximum atomic E-state index is 6.13. The molecule has 0 saturated carbocycles. The van der Waals surface area contributed by atoms with E-state index in [1.54, 1.807) is 6.07 Å². The predicted molar refractivity (Wildman–Crippen MR) is 73.4 cm³/mol. The van der Waals surface area contributed by atoms with E-state index in [4.69, 9.17) is 23.2 Å². The fraction of sp³-hybridized carbons (Fsp3) is 0.417. The van der Waals surface area contributed by atoms with Crippen molar-refractivity contribution in [1.29, 1.82) is 0 Å². The van der Waals surface area contributed by atoms with E-state index >= 15 is 0 Å². The molecule has 6 heteroatoms. The summed E-state index contributed by atoms with van der Waals surface area (Å²) >= 11 is 12.1. The molecule has 1 aliphatic rings. The minimum absolute atomic E-state index is 0.592. The van der Waals surface area contributed by atoms with Crippen molar-refractivity contribution < 1.29 is 0 Å². The summed E-state index contributed by atoms with van der Waals surface area (Å²) in [6.45, 7) is 5.06. The van der Waals surface area contributed by atoms with Gasteiger partial charge in [-0.2, -0.15) is 0 Å². The van der Waals surface area contributed by atoms with Crippen molar-refractivity contribution in [2.45, 2.75) is 6.54 Å². The highest BCUT2D eigenvalue weighted by Crippen LogP contribution is 2.22. The quantitative estimate of drug-likeness (QED) is 0.916. The lowest BCUT2D eigenvalue weighted by molar-refractivity contribution is 0.231. The first-order valence-electron chi connectivity index (χ1n) is 5.98. The molecule has 1 saturated heterocycles. The lowest BCUT2D eigenvalue weighted by Crippen LogP contribution is -2.42. The Labute approximate surface area is 116 Å². The first-order chi connectivity index (χ1) is 8.72. The molecule has 0 unspecified atom stereocenters. The molecule has 0 aromatic carbocycles. The smallest absolute Gasteiger partial charge is 0.156 e. The van der Waals surface area contributed by atoms with Crippen LogP contribution in [-0.2, 0) is 6.54 Å². The highest BCUT2D eigenvalue weighted by Gasteiger charge is 2.13. The van der Waals surface area contributed by atoms with Gasteiger partial charge in [-0.05, 0) is 6.07 Å². The first-order valence-corrected chi connectivity index (χ1v) is 6.74. The molecule has 0 radical (unpaired) electrons. The van der Waals surface area contributed by atoms with Crippen LogP contribution in [0, 0.1) is 0 Å². The second-order valence-electron chi connectivity index (χ2n) is 4.50. The zero-order valence-electron chi connectivity index (χ0n) is 9.87. The molecule has 0 amide bonds. The fourth-order valence-electron chi connectivity index (χ4n) is 2.25. The molecule has 18 heavy (non-hydrogen) atoms. The van der Waals surface area contributed by atoms with Gasteiger partial charge in [-0.15, -0.1) is 0 Å². The molecule has 1 aliphatic heterocycles. The van der Waals surface area contributed by atoms with Gasteiger partial charge in [-0.25, -0.2) is 4.98 Å². The lowest BCUT2D eigenvalue weighted by atomic mass is 10.3. The average Bonchev–Trinajstić information content (AvgIpc) is 2.73. The number of aromatic nitrogens is 2. The molecule has 0 aliphatic carbocycles. The summed E-state index contributed by atoms with van der Waals surface area (Å²) in [5, 5.41) is 4.55. The molecule has 2 aromatic heterocycles. The van der Waals surface area contributed by atoms with Crippen LogP contribution in [0.3, 0.4) is 0 Å². The van der Waals surface area contributed by atoms with Crippen LogP contribution in [0.2, 0.25) is 10.0 Å². The molecule has 96 valence electrons. The van der Waals surface area contributed by atoms with E-state index in [1.807, 2.05) is 16.8 Å². The van der Waals surface area contributed by atoms with Crippen molar-refractivity contribution in [2.24, 2.45) is 0 Å². The summed E-state index contributed by atoms with van der Waals surface area (Å²) in [7, 11) is 0. The van der Waals surface area contributed by atoms with Gasteiger partial charge >= 0.3 is 0 Å². The zero-order chi connectivity index (χ0) is 12.5. The predicted octanol–water partition coefficient (Wildman–Crippen LogP) is 2.05. The fourth-order valence-corrected chi connectivity index (χ4v) is 2.78. The van der Waals surface area contributed by atoms with Gasteiger partial charge in [0.05, 0.1) is 15.7 Å². The van der Waals surface area contributed by atoms with Crippen molar-refractivity contribution in [1.82, 2.24) is 19.6 Å². The number of hydrogen-bond donors (Lipinski definition) is 1. The Bertz CT molecular complexity index is 560. The molecule has 3 rings (SSSR count). The Balaban J connectivity index is 1.86. The maximum absolute atomic E-state index is 6.13. The second-order valence-corrected chi connectivity index (χ2v) is 5.34. The molecule has 2 aromatic rings. The first kappa shape index (κ1) is 12.2. The van der Waals surface area contributed by atoms with Crippen LogP contribution in [0.25, 0.3) is 5.65 Å². The average molecular weight is 285 g/mol. The number of hydrogen-bond acceptors (Lipinski definition) is 3. The van der Waals surface area contributed by atoms with Gasteiger partial charge in [-0.1, -0.05) is 23.2 Å². The third-order valence-electron chi connectivity index (χ3n) is 3.12. The van der Waals surface area contributed by atoms with Crippen LogP contribution in [0.4, 0.5) is 0 Å². The van der Waals surface area contributed by atoms with Gasteiger partial charge in [0.2, 0.25) is 0 Å². The molecule has 3 heterocycles. The molecule has 1 N–H and O–H groups in total. The standard InChI is InChI=1S/C12H14Cl2N4/c13-9-5-11(14)12-16-10(8-18(12)6-9)7-17-3-1-15-2-4-17/h5-6,8,15H,1-4,7H2. The summed E-state index contributed by atoms with van der Waals surface area (Å²) in [4.78, 5) is 6.94. The van der Waals surface area contributed by atoms with Gasteiger partial charge in [0, 0.05) is 45.1 Å². The number of nitrogens with zero attached hydrogens (tertiary/aromatic N) is 3. The van der Waals surface area contributed by atoms with Crippen LogP contribution in [0.1, 0.15) is 5.69 Å². The van der Waals surface area contributed by atoms with Crippen LogP contribution < -0.4 is 5.32 Å². The largest absolute Gasteiger partial charge is 0.314 e. The van der Waals surface area contributed by atoms with E-state index in [9.17, 15) is 0 Å². The van der Waals surface area contributed by atoms with E-state index in [0.29, 0.717) is 10.0 Å². The molecule has 0 spiro atoms. The number of halogens is 2. The van der Waals surface area contributed by atoms with Crippen molar-refractivity contribution >= 4 is 28.8 Å². The SMILES string of the molecule is Clc1cc(Cl)c2nc(CN3CCNCC3)cn2c1. The number of fused-ring (bicyclic) bond motifs is 1. The number of piperazine rings is 1. The molecule has 0 bridgehead atoms. The van der Waals surface area contributed by atoms with Crippen molar-refractivity contribution in [3.05, 3.63) is 34.2 Å². The molecular formula is C12H14Cl2N4. The highest BCUT2D eigenvalue weighted by molar-refractivity contribution is 6.36. The van der Waals surface area contributed by atoms with E-state index in [1.165, 1.54) is 0 Å². The number of imidazole rings is 1. The third kappa shape index (κ3) is 2.47. The summed E-state index contributed by atoms with van der Waals surface area (Å²) < 4.78 is 1.89. The number of pyridine rings is 1. The highest BCUT2D eigenvalue weighted by atomic mass is 35.5. The third-order valence-corrected chi connectivity index (χ3v) is 3.60. The molecule has 0 atom stereocenters. The summed E-state index contributed by atoms with van der Waals surface area (Å²) in [6.07, 6.45) is 3.83. The summed E-state index contributed by atoms with van der Waals surface area (Å²) in [6, 6.07) is 1.72. The van der Waals surface area contributed by atoms with Crippen molar-refractivity contribution in [3.63, 3.8) is 0 Å². The van der Waals surface area contributed by atoms with Gasteiger partial charge < -0.3 is 9.72 Å². The Morgan fingerprint density at radius 1 is 1.22 bits per heavy atom. The Morgan fingerprint density at radius 3 is 2.78 bits per heavy atom.